The molecule has 6 heteroatoms. The molecule has 0 spiro atoms. The van der Waals surface area contributed by atoms with Gasteiger partial charge in [-0.2, -0.15) is 10.2 Å². The van der Waals surface area contributed by atoms with Crippen molar-refractivity contribution in [1.82, 2.24) is 19.6 Å². The molecule has 0 aliphatic carbocycles. The molecule has 3 heterocycles. The molecule has 0 radical (unpaired) electrons. The Labute approximate surface area is 145 Å². The SMILES string of the molecule is CC(C)CCn1nc(-c2cccs2)c2cnn(C(C)(C)C)c2c1=O. The summed E-state index contributed by atoms with van der Waals surface area (Å²) in [7, 11) is 0. The first-order chi connectivity index (χ1) is 11.3. The fourth-order valence-electron chi connectivity index (χ4n) is 2.71. The Morgan fingerprint density at radius 1 is 1.29 bits per heavy atom. The minimum absolute atomic E-state index is 0.0571. The highest BCUT2D eigenvalue weighted by Crippen LogP contribution is 2.30. The standard InChI is InChI=1S/C18H24N4OS/c1-12(2)8-9-21-17(23)16-13(11-19-22(16)18(3,4)5)15(20-21)14-7-6-10-24-14/h6-7,10-12H,8-9H2,1-5H3. The van der Waals surface area contributed by atoms with Crippen LogP contribution in [0.1, 0.15) is 41.0 Å². The molecular formula is C18H24N4OS. The zero-order valence-corrected chi connectivity index (χ0v) is 15.7. The maximum absolute atomic E-state index is 13.0. The van der Waals surface area contributed by atoms with Crippen LogP contribution in [0.5, 0.6) is 0 Å². The lowest BCUT2D eigenvalue weighted by atomic mass is 10.1. The highest BCUT2D eigenvalue weighted by molar-refractivity contribution is 7.13. The summed E-state index contributed by atoms with van der Waals surface area (Å²) in [5.41, 5.74) is 1.17. The average Bonchev–Trinajstić information content (AvgIpc) is 3.15. The van der Waals surface area contributed by atoms with E-state index in [0.29, 0.717) is 18.0 Å². The summed E-state index contributed by atoms with van der Waals surface area (Å²) in [4.78, 5) is 14.1. The van der Waals surface area contributed by atoms with Crippen LogP contribution in [-0.4, -0.2) is 19.6 Å². The second-order valence-corrected chi connectivity index (χ2v) is 8.47. The minimum Gasteiger partial charge on any atom is -0.265 e. The van der Waals surface area contributed by atoms with Crippen molar-refractivity contribution in [3.63, 3.8) is 0 Å². The van der Waals surface area contributed by atoms with E-state index in [4.69, 9.17) is 0 Å². The first-order valence-electron chi connectivity index (χ1n) is 8.32. The van der Waals surface area contributed by atoms with Crippen LogP contribution in [-0.2, 0) is 12.1 Å². The number of fused-ring (bicyclic) bond motifs is 1. The van der Waals surface area contributed by atoms with Gasteiger partial charge in [0.25, 0.3) is 5.56 Å². The van der Waals surface area contributed by atoms with Crippen molar-refractivity contribution in [3.8, 4) is 10.6 Å². The lowest BCUT2D eigenvalue weighted by Gasteiger charge is -2.20. The quantitative estimate of drug-likeness (QED) is 0.715. The number of aryl methyl sites for hydroxylation is 1. The highest BCUT2D eigenvalue weighted by Gasteiger charge is 2.23. The van der Waals surface area contributed by atoms with Gasteiger partial charge in [-0.3, -0.25) is 9.48 Å². The van der Waals surface area contributed by atoms with Gasteiger partial charge >= 0.3 is 0 Å². The maximum Gasteiger partial charge on any atom is 0.292 e. The molecule has 0 saturated carbocycles. The van der Waals surface area contributed by atoms with Gasteiger partial charge < -0.3 is 0 Å². The number of thiophene rings is 1. The molecule has 0 aliphatic rings. The zero-order chi connectivity index (χ0) is 17.5. The molecule has 0 N–H and O–H groups in total. The Balaban J connectivity index is 2.29. The Bertz CT molecular complexity index is 898. The van der Waals surface area contributed by atoms with E-state index in [-0.39, 0.29) is 11.1 Å². The van der Waals surface area contributed by atoms with Gasteiger partial charge in [-0.25, -0.2) is 4.68 Å². The van der Waals surface area contributed by atoms with Crippen LogP contribution in [0.15, 0.2) is 28.5 Å². The maximum atomic E-state index is 13.0. The van der Waals surface area contributed by atoms with Gasteiger partial charge in [0.1, 0.15) is 11.2 Å². The average molecular weight is 344 g/mol. The van der Waals surface area contributed by atoms with Crippen LogP contribution in [0.4, 0.5) is 0 Å². The summed E-state index contributed by atoms with van der Waals surface area (Å²) in [5.74, 6) is 0.520. The molecule has 0 aromatic carbocycles. The number of nitrogens with zero attached hydrogens (tertiary/aromatic N) is 4. The molecule has 3 aromatic heterocycles. The molecule has 3 rings (SSSR count). The van der Waals surface area contributed by atoms with Gasteiger partial charge in [0.05, 0.1) is 22.0 Å². The van der Waals surface area contributed by atoms with Gasteiger partial charge in [0.2, 0.25) is 0 Å². The number of rotatable bonds is 4. The van der Waals surface area contributed by atoms with Crippen molar-refractivity contribution in [2.45, 2.75) is 53.1 Å². The van der Waals surface area contributed by atoms with Crippen molar-refractivity contribution < 1.29 is 0 Å². The molecule has 0 amide bonds. The molecule has 24 heavy (non-hydrogen) atoms. The molecule has 0 saturated heterocycles. The fraction of sp³-hybridized carbons (Fsp3) is 0.500. The normalized spacial score (nSPS) is 12.4. The first-order valence-corrected chi connectivity index (χ1v) is 9.20. The molecule has 0 bridgehead atoms. The monoisotopic (exact) mass is 344 g/mol. The molecule has 0 atom stereocenters. The topological polar surface area (TPSA) is 52.7 Å². The smallest absolute Gasteiger partial charge is 0.265 e. The third kappa shape index (κ3) is 3.02. The van der Waals surface area contributed by atoms with E-state index in [1.54, 1.807) is 22.2 Å². The van der Waals surface area contributed by atoms with Gasteiger partial charge in [-0.05, 0) is 44.6 Å². The highest BCUT2D eigenvalue weighted by atomic mass is 32.1. The Morgan fingerprint density at radius 3 is 2.62 bits per heavy atom. The summed E-state index contributed by atoms with van der Waals surface area (Å²) >= 11 is 1.63. The molecule has 5 nitrogen and oxygen atoms in total. The summed E-state index contributed by atoms with van der Waals surface area (Å²) in [6.45, 7) is 11.1. The van der Waals surface area contributed by atoms with Gasteiger partial charge in [-0.15, -0.1) is 11.3 Å². The Morgan fingerprint density at radius 2 is 2.04 bits per heavy atom. The first kappa shape index (κ1) is 16.9. The number of hydrogen-bond acceptors (Lipinski definition) is 4. The van der Waals surface area contributed by atoms with Gasteiger partial charge in [0.15, 0.2) is 0 Å². The largest absolute Gasteiger partial charge is 0.292 e. The van der Waals surface area contributed by atoms with E-state index in [1.807, 2.05) is 22.2 Å². The van der Waals surface area contributed by atoms with Crippen molar-refractivity contribution in [2.75, 3.05) is 0 Å². The number of aromatic nitrogens is 4. The van der Waals surface area contributed by atoms with Crippen LogP contribution in [0.2, 0.25) is 0 Å². The fourth-order valence-corrected chi connectivity index (χ4v) is 3.43. The van der Waals surface area contributed by atoms with Crippen LogP contribution in [0.25, 0.3) is 21.5 Å². The lowest BCUT2D eigenvalue weighted by molar-refractivity contribution is 0.366. The molecule has 0 unspecified atom stereocenters. The van der Waals surface area contributed by atoms with Crippen molar-refractivity contribution in [1.29, 1.82) is 0 Å². The van der Waals surface area contributed by atoms with E-state index < -0.39 is 0 Å². The van der Waals surface area contributed by atoms with E-state index >= 15 is 0 Å². The van der Waals surface area contributed by atoms with E-state index in [9.17, 15) is 4.79 Å². The van der Waals surface area contributed by atoms with E-state index in [1.165, 1.54) is 0 Å². The van der Waals surface area contributed by atoms with E-state index in [0.717, 1.165) is 22.4 Å². The van der Waals surface area contributed by atoms with Crippen molar-refractivity contribution in [3.05, 3.63) is 34.1 Å². The lowest BCUT2D eigenvalue weighted by Crippen LogP contribution is -2.30. The Kier molecular flexibility index (Phi) is 4.34. The third-order valence-electron chi connectivity index (χ3n) is 3.99. The predicted molar refractivity (Wildman–Crippen MR) is 99.6 cm³/mol. The predicted octanol–water partition coefficient (Wildman–Crippen LogP) is 4.12. The van der Waals surface area contributed by atoms with Gasteiger partial charge in [-0.1, -0.05) is 19.9 Å². The van der Waals surface area contributed by atoms with Crippen LogP contribution in [0.3, 0.4) is 0 Å². The van der Waals surface area contributed by atoms with Crippen LogP contribution in [0, 0.1) is 5.92 Å². The number of hydrogen-bond donors (Lipinski definition) is 0. The summed E-state index contributed by atoms with van der Waals surface area (Å²) in [6.07, 6.45) is 2.70. The second kappa shape index (κ2) is 6.16. The summed E-state index contributed by atoms with van der Waals surface area (Å²) in [6, 6.07) is 4.05. The Hall–Kier alpha value is -1.95. The van der Waals surface area contributed by atoms with Crippen LogP contribution >= 0.6 is 11.3 Å². The molecule has 0 fully saturated rings. The molecule has 128 valence electrons. The van der Waals surface area contributed by atoms with Gasteiger partial charge in [0, 0.05) is 6.54 Å². The minimum atomic E-state index is -0.259. The summed E-state index contributed by atoms with van der Waals surface area (Å²) in [5, 5.41) is 12.0. The molecular weight excluding hydrogens is 320 g/mol. The zero-order valence-electron chi connectivity index (χ0n) is 14.9. The second-order valence-electron chi connectivity index (χ2n) is 7.53. The van der Waals surface area contributed by atoms with E-state index in [2.05, 4.69) is 44.8 Å². The van der Waals surface area contributed by atoms with Crippen molar-refractivity contribution in [2.24, 2.45) is 5.92 Å². The van der Waals surface area contributed by atoms with Crippen LogP contribution < -0.4 is 5.56 Å². The summed E-state index contributed by atoms with van der Waals surface area (Å²) < 4.78 is 3.44. The molecule has 3 aromatic rings. The third-order valence-corrected chi connectivity index (χ3v) is 4.87. The van der Waals surface area contributed by atoms with Crippen molar-refractivity contribution >= 4 is 22.2 Å². The molecule has 0 aliphatic heterocycles.